The Morgan fingerprint density at radius 3 is 2.71 bits per heavy atom. The summed E-state index contributed by atoms with van der Waals surface area (Å²) < 4.78 is 7.43. The molecule has 0 unspecified atom stereocenters. The van der Waals surface area contributed by atoms with Gasteiger partial charge in [0, 0.05) is 53.3 Å². The SMILES string of the molecule is COc1ccc(-n2c(C)cc(-c3csc(NC(=O)CCN4CCSC4=O)n3)c2C)cc1. The van der Waals surface area contributed by atoms with Gasteiger partial charge in [-0.25, -0.2) is 4.98 Å². The molecule has 4 rings (SSSR count). The van der Waals surface area contributed by atoms with E-state index in [-0.39, 0.29) is 17.6 Å². The van der Waals surface area contributed by atoms with Crippen molar-refractivity contribution in [2.45, 2.75) is 20.3 Å². The van der Waals surface area contributed by atoms with Crippen LogP contribution in [-0.4, -0.2) is 51.5 Å². The lowest BCUT2D eigenvalue weighted by molar-refractivity contribution is -0.116. The fourth-order valence-electron chi connectivity index (χ4n) is 3.65. The maximum absolute atomic E-state index is 12.3. The Labute approximate surface area is 189 Å². The van der Waals surface area contributed by atoms with Crippen LogP contribution in [0.5, 0.6) is 5.75 Å². The molecule has 0 bridgehead atoms. The number of carbonyl (C=O) groups excluding carboxylic acids is 2. The number of aryl methyl sites for hydroxylation is 1. The number of nitrogens with zero attached hydrogens (tertiary/aromatic N) is 3. The first-order valence-corrected chi connectivity index (χ1v) is 11.8. The smallest absolute Gasteiger partial charge is 0.281 e. The Kier molecular flexibility index (Phi) is 6.33. The average Bonchev–Trinajstić information content (AvgIpc) is 3.46. The largest absolute Gasteiger partial charge is 0.497 e. The van der Waals surface area contributed by atoms with E-state index in [1.54, 1.807) is 12.0 Å². The van der Waals surface area contributed by atoms with Gasteiger partial charge in [-0.3, -0.25) is 9.59 Å². The van der Waals surface area contributed by atoms with Crippen LogP contribution in [0.3, 0.4) is 0 Å². The molecule has 7 nitrogen and oxygen atoms in total. The summed E-state index contributed by atoms with van der Waals surface area (Å²) in [6.07, 6.45) is 0.271. The van der Waals surface area contributed by atoms with Gasteiger partial charge in [-0.2, -0.15) is 0 Å². The predicted octanol–water partition coefficient (Wildman–Crippen LogP) is 4.72. The van der Waals surface area contributed by atoms with Crippen LogP contribution in [-0.2, 0) is 4.79 Å². The van der Waals surface area contributed by atoms with E-state index >= 15 is 0 Å². The van der Waals surface area contributed by atoms with Crippen molar-refractivity contribution in [1.29, 1.82) is 0 Å². The lowest BCUT2D eigenvalue weighted by Gasteiger charge is -2.13. The lowest BCUT2D eigenvalue weighted by atomic mass is 10.2. The van der Waals surface area contributed by atoms with E-state index in [1.807, 2.05) is 29.6 Å². The normalized spacial score (nSPS) is 13.6. The zero-order valence-corrected chi connectivity index (χ0v) is 19.3. The molecule has 162 valence electrons. The molecule has 1 aliphatic heterocycles. The minimum atomic E-state index is -0.130. The molecule has 2 amide bonds. The summed E-state index contributed by atoms with van der Waals surface area (Å²) in [5, 5.41) is 5.43. The van der Waals surface area contributed by atoms with Gasteiger partial charge in [0.1, 0.15) is 5.75 Å². The third-order valence-electron chi connectivity index (χ3n) is 5.24. The molecule has 3 heterocycles. The number of hydrogen-bond donors (Lipinski definition) is 1. The molecule has 1 fully saturated rings. The highest BCUT2D eigenvalue weighted by atomic mass is 32.2. The number of amides is 2. The maximum Gasteiger partial charge on any atom is 0.281 e. The molecule has 1 aliphatic rings. The first-order chi connectivity index (χ1) is 15.0. The Bertz CT molecular complexity index is 1100. The third kappa shape index (κ3) is 4.62. The van der Waals surface area contributed by atoms with Crippen molar-refractivity contribution in [2.24, 2.45) is 0 Å². The van der Waals surface area contributed by atoms with Gasteiger partial charge in [0.25, 0.3) is 5.24 Å². The van der Waals surface area contributed by atoms with Crippen molar-refractivity contribution in [3.05, 3.63) is 47.1 Å². The van der Waals surface area contributed by atoms with E-state index in [0.717, 1.165) is 39.8 Å². The number of rotatable bonds is 7. The zero-order valence-electron chi connectivity index (χ0n) is 17.7. The van der Waals surface area contributed by atoms with Crippen LogP contribution in [0.2, 0.25) is 0 Å². The molecule has 0 radical (unpaired) electrons. The molecule has 2 aromatic heterocycles. The molecule has 3 aromatic rings. The average molecular weight is 457 g/mol. The van der Waals surface area contributed by atoms with Crippen molar-refractivity contribution in [1.82, 2.24) is 14.5 Å². The van der Waals surface area contributed by atoms with Crippen LogP contribution in [0.4, 0.5) is 9.93 Å². The topological polar surface area (TPSA) is 76.5 Å². The predicted molar refractivity (Wildman–Crippen MR) is 126 cm³/mol. The number of carbonyl (C=O) groups is 2. The second-order valence-electron chi connectivity index (χ2n) is 7.26. The van der Waals surface area contributed by atoms with Gasteiger partial charge in [-0.15, -0.1) is 11.3 Å². The first kappa shape index (κ1) is 21.5. The molecule has 0 saturated carbocycles. The minimum Gasteiger partial charge on any atom is -0.497 e. The summed E-state index contributed by atoms with van der Waals surface area (Å²) in [7, 11) is 1.66. The molecule has 1 saturated heterocycles. The standard InChI is InChI=1S/C22H24N4O3S2/c1-14-12-18(15(2)26(14)16-4-6-17(29-3)7-5-16)19-13-31-21(23-19)24-20(27)8-9-25-10-11-30-22(25)28/h4-7,12-13H,8-11H2,1-3H3,(H,23,24,27). The van der Waals surface area contributed by atoms with Gasteiger partial charge in [-0.05, 0) is 44.2 Å². The monoisotopic (exact) mass is 456 g/mol. The Hall–Kier alpha value is -2.78. The van der Waals surface area contributed by atoms with E-state index < -0.39 is 0 Å². The van der Waals surface area contributed by atoms with E-state index in [2.05, 4.69) is 34.8 Å². The fourth-order valence-corrected chi connectivity index (χ4v) is 5.23. The maximum atomic E-state index is 12.3. The summed E-state index contributed by atoms with van der Waals surface area (Å²) in [4.78, 5) is 30.3. The Morgan fingerprint density at radius 2 is 2.03 bits per heavy atom. The van der Waals surface area contributed by atoms with Crippen LogP contribution in [0.1, 0.15) is 17.8 Å². The lowest BCUT2D eigenvalue weighted by Crippen LogP contribution is -2.27. The third-order valence-corrected chi connectivity index (χ3v) is 6.89. The molecule has 1 aromatic carbocycles. The van der Waals surface area contributed by atoms with Crippen LogP contribution in [0.25, 0.3) is 16.9 Å². The highest BCUT2D eigenvalue weighted by Gasteiger charge is 2.22. The van der Waals surface area contributed by atoms with E-state index in [0.29, 0.717) is 18.2 Å². The number of thioether (sulfide) groups is 1. The summed E-state index contributed by atoms with van der Waals surface area (Å²) >= 11 is 2.71. The summed E-state index contributed by atoms with van der Waals surface area (Å²) in [6, 6.07) is 10.0. The summed E-state index contributed by atoms with van der Waals surface area (Å²) in [5.74, 6) is 1.49. The van der Waals surface area contributed by atoms with Gasteiger partial charge in [0.15, 0.2) is 5.13 Å². The number of ether oxygens (including phenoxy) is 1. The molecular formula is C22H24N4O3S2. The minimum absolute atomic E-state index is 0.0524. The number of nitrogens with one attached hydrogen (secondary N) is 1. The number of anilines is 1. The first-order valence-electron chi connectivity index (χ1n) is 9.97. The van der Waals surface area contributed by atoms with Crippen molar-refractivity contribution in [3.63, 3.8) is 0 Å². The molecular weight excluding hydrogens is 432 g/mol. The van der Waals surface area contributed by atoms with E-state index in [9.17, 15) is 9.59 Å². The van der Waals surface area contributed by atoms with Crippen LogP contribution >= 0.6 is 23.1 Å². The van der Waals surface area contributed by atoms with Crippen molar-refractivity contribution >= 4 is 39.4 Å². The fraction of sp³-hybridized carbons (Fsp3) is 0.318. The van der Waals surface area contributed by atoms with Gasteiger partial charge < -0.3 is 19.5 Å². The molecule has 1 N–H and O–H groups in total. The second kappa shape index (κ2) is 9.15. The number of benzene rings is 1. The Morgan fingerprint density at radius 1 is 1.26 bits per heavy atom. The molecule has 31 heavy (non-hydrogen) atoms. The second-order valence-corrected chi connectivity index (χ2v) is 9.16. The number of aromatic nitrogens is 2. The van der Waals surface area contributed by atoms with E-state index in [1.165, 1.54) is 23.1 Å². The quantitative estimate of drug-likeness (QED) is 0.557. The highest BCUT2D eigenvalue weighted by molar-refractivity contribution is 8.13. The summed E-state index contributed by atoms with van der Waals surface area (Å²) in [5.41, 5.74) is 5.10. The molecule has 9 heteroatoms. The van der Waals surface area contributed by atoms with Crippen molar-refractivity contribution in [3.8, 4) is 22.7 Å². The van der Waals surface area contributed by atoms with E-state index in [4.69, 9.17) is 4.74 Å². The van der Waals surface area contributed by atoms with Gasteiger partial charge >= 0.3 is 0 Å². The van der Waals surface area contributed by atoms with Crippen LogP contribution in [0.15, 0.2) is 35.7 Å². The number of hydrogen-bond acceptors (Lipinski definition) is 6. The number of methoxy groups -OCH3 is 1. The summed E-state index contributed by atoms with van der Waals surface area (Å²) in [6.45, 7) is 5.28. The van der Waals surface area contributed by atoms with Crippen molar-refractivity contribution < 1.29 is 14.3 Å². The van der Waals surface area contributed by atoms with Gasteiger partial charge in [-0.1, -0.05) is 11.8 Å². The molecule has 0 aliphatic carbocycles. The molecule has 0 spiro atoms. The van der Waals surface area contributed by atoms with Gasteiger partial charge in [0.05, 0.1) is 12.8 Å². The van der Waals surface area contributed by atoms with Crippen LogP contribution < -0.4 is 10.1 Å². The molecule has 0 atom stereocenters. The number of thiazole rings is 1. The van der Waals surface area contributed by atoms with Gasteiger partial charge in [0.2, 0.25) is 5.91 Å². The van der Waals surface area contributed by atoms with Crippen molar-refractivity contribution in [2.75, 3.05) is 31.3 Å². The highest BCUT2D eigenvalue weighted by Crippen LogP contribution is 2.32. The Balaban J connectivity index is 1.46. The zero-order chi connectivity index (χ0) is 22.0. The van der Waals surface area contributed by atoms with Crippen LogP contribution in [0, 0.1) is 13.8 Å².